The lowest BCUT2D eigenvalue weighted by atomic mass is 9.67. The minimum atomic E-state index is -0.538. The van der Waals surface area contributed by atoms with Crippen LogP contribution in [0, 0.1) is 0 Å². The van der Waals surface area contributed by atoms with Gasteiger partial charge in [0.05, 0.1) is 10.9 Å². The van der Waals surface area contributed by atoms with Crippen molar-refractivity contribution >= 4 is 38.9 Å². The van der Waals surface area contributed by atoms with E-state index in [2.05, 4.69) is 192 Å². The molecule has 0 saturated carbocycles. The zero-order chi connectivity index (χ0) is 30.7. The van der Waals surface area contributed by atoms with Crippen LogP contribution in [0.5, 0.6) is 0 Å². The van der Waals surface area contributed by atoms with Gasteiger partial charge >= 0.3 is 0 Å². The predicted molar refractivity (Wildman–Crippen MR) is 192 cm³/mol. The Morgan fingerprint density at radius 2 is 0.978 bits per heavy atom. The first-order chi connectivity index (χ1) is 22.8. The van der Waals surface area contributed by atoms with Gasteiger partial charge in [-0.15, -0.1) is 0 Å². The molecule has 1 heterocycles. The summed E-state index contributed by atoms with van der Waals surface area (Å²) in [6.45, 7) is 0. The molecule has 0 spiro atoms. The molecule has 1 aliphatic carbocycles. The van der Waals surface area contributed by atoms with Gasteiger partial charge in [0.1, 0.15) is 0 Å². The molecular weight excluding hydrogens is 556 g/mol. The molecule has 7 aromatic carbocycles. The van der Waals surface area contributed by atoms with Crippen molar-refractivity contribution < 1.29 is 0 Å². The molecule has 0 bridgehead atoms. The molecule has 0 atom stereocenters. The van der Waals surface area contributed by atoms with Crippen molar-refractivity contribution in [2.24, 2.45) is 7.05 Å². The summed E-state index contributed by atoms with van der Waals surface area (Å²) < 4.78 is 2.41. The lowest BCUT2D eigenvalue weighted by Crippen LogP contribution is -2.29. The van der Waals surface area contributed by atoms with Crippen molar-refractivity contribution in [1.29, 1.82) is 0 Å². The van der Waals surface area contributed by atoms with Gasteiger partial charge in [-0.1, -0.05) is 133 Å². The number of aromatic nitrogens is 1. The summed E-state index contributed by atoms with van der Waals surface area (Å²) in [6, 6.07) is 64.2. The number of rotatable bonds is 5. The normalized spacial score (nSPS) is 13.1. The highest BCUT2D eigenvalue weighted by atomic mass is 15.1. The molecule has 2 heteroatoms. The van der Waals surface area contributed by atoms with Gasteiger partial charge in [0.15, 0.2) is 0 Å². The van der Waals surface area contributed by atoms with Crippen LogP contribution in [0.25, 0.3) is 32.9 Å². The first-order valence-corrected chi connectivity index (χ1v) is 15.9. The zero-order valence-corrected chi connectivity index (χ0v) is 25.6. The fourth-order valence-corrected chi connectivity index (χ4v) is 7.97. The number of anilines is 3. The Kier molecular flexibility index (Phi) is 5.97. The topological polar surface area (TPSA) is 8.17 Å². The fraction of sp³-hybridized carbons (Fsp3) is 0.0455. The summed E-state index contributed by atoms with van der Waals surface area (Å²) in [5.74, 6) is 0. The highest BCUT2D eigenvalue weighted by Gasteiger charge is 2.48. The van der Waals surface area contributed by atoms with E-state index in [-0.39, 0.29) is 0 Å². The van der Waals surface area contributed by atoms with E-state index in [1.807, 2.05) is 0 Å². The largest absolute Gasteiger partial charge is 0.343 e. The lowest BCUT2D eigenvalue weighted by Gasteiger charge is -2.35. The summed E-state index contributed by atoms with van der Waals surface area (Å²) in [6.07, 6.45) is 0. The maximum absolute atomic E-state index is 2.45. The first kappa shape index (κ1) is 26.5. The average molecular weight is 589 g/mol. The van der Waals surface area contributed by atoms with E-state index in [9.17, 15) is 0 Å². The molecule has 1 aliphatic rings. The number of hydrogen-bond acceptors (Lipinski definition) is 1. The van der Waals surface area contributed by atoms with Crippen molar-refractivity contribution in [3.63, 3.8) is 0 Å². The van der Waals surface area contributed by atoms with Gasteiger partial charge in [-0.2, -0.15) is 0 Å². The third kappa shape index (κ3) is 3.71. The van der Waals surface area contributed by atoms with E-state index in [1.165, 1.54) is 55.2 Å². The van der Waals surface area contributed by atoms with Crippen molar-refractivity contribution in [3.8, 4) is 11.1 Å². The molecule has 0 radical (unpaired) electrons. The van der Waals surface area contributed by atoms with Crippen LogP contribution in [0.15, 0.2) is 176 Å². The molecule has 1 aromatic heterocycles. The number of fused-ring (bicyclic) bond motifs is 7. The molecule has 2 nitrogen and oxygen atoms in total. The van der Waals surface area contributed by atoms with Gasteiger partial charge in [-0.05, 0) is 70.3 Å². The van der Waals surface area contributed by atoms with Crippen LogP contribution in [-0.2, 0) is 12.5 Å². The molecule has 0 amide bonds. The predicted octanol–water partition coefficient (Wildman–Crippen LogP) is 11.2. The summed E-state index contributed by atoms with van der Waals surface area (Å²) in [4.78, 5) is 2.37. The summed E-state index contributed by atoms with van der Waals surface area (Å²) in [5, 5.41) is 2.57. The Balaban J connectivity index is 1.43. The van der Waals surface area contributed by atoms with Crippen LogP contribution in [-0.4, -0.2) is 4.57 Å². The Hall–Kier alpha value is -5.86. The number of hydrogen-bond donors (Lipinski definition) is 0. The van der Waals surface area contributed by atoms with Gasteiger partial charge in [0, 0.05) is 46.0 Å². The van der Waals surface area contributed by atoms with Gasteiger partial charge in [-0.3, -0.25) is 0 Å². The van der Waals surface area contributed by atoms with Crippen LogP contribution < -0.4 is 4.90 Å². The zero-order valence-electron chi connectivity index (χ0n) is 25.6. The first-order valence-electron chi connectivity index (χ1n) is 15.9. The number of aryl methyl sites for hydroxylation is 1. The van der Waals surface area contributed by atoms with Crippen LogP contribution in [0.4, 0.5) is 17.1 Å². The van der Waals surface area contributed by atoms with E-state index in [1.54, 1.807) is 0 Å². The van der Waals surface area contributed by atoms with Crippen molar-refractivity contribution in [3.05, 3.63) is 198 Å². The Morgan fingerprint density at radius 1 is 0.457 bits per heavy atom. The van der Waals surface area contributed by atoms with Crippen LogP contribution in [0.2, 0.25) is 0 Å². The third-order valence-electron chi connectivity index (χ3n) is 9.84. The van der Waals surface area contributed by atoms with Gasteiger partial charge in [0.25, 0.3) is 0 Å². The van der Waals surface area contributed by atoms with Crippen LogP contribution >= 0.6 is 0 Å². The average Bonchev–Trinajstić information content (AvgIpc) is 3.59. The second-order valence-corrected chi connectivity index (χ2v) is 12.2. The SMILES string of the molecule is Cn1c2ccccc2c2ccc3c(c21)C(c1ccccc1)(c1ccccc1)c1cc(N(c2ccccc2)c2ccccc2)ccc1-3. The Labute approximate surface area is 269 Å². The molecule has 9 rings (SSSR count). The number of nitrogens with zero attached hydrogens (tertiary/aromatic N) is 2. The smallest absolute Gasteiger partial charge is 0.0735 e. The van der Waals surface area contributed by atoms with Gasteiger partial charge in [0.2, 0.25) is 0 Å². The summed E-state index contributed by atoms with van der Waals surface area (Å²) >= 11 is 0. The summed E-state index contributed by atoms with van der Waals surface area (Å²) in [7, 11) is 2.23. The molecule has 0 N–H and O–H groups in total. The van der Waals surface area contributed by atoms with E-state index >= 15 is 0 Å². The highest BCUT2D eigenvalue weighted by molar-refractivity contribution is 6.13. The van der Waals surface area contributed by atoms with E-state index in [4.69, 9.17) is 0 Å². The second-order valence-electron chi connectivity index (χ2n) is 12.2. The maximum atomic E-state index is 2.45. The summed E-state index contributed by atoms with van der Waals surface area (Å²) in [5.41, 5.74) is 13.1. The standard InChI is InChI=1S/C44H32N2/c1-45-41-25-15-14-24-37(41)39-29-28-38-36-27-26-35(46(33-20-10-4-11-21-33)34-22-12-5-13-23-34)30-40(36)44(42(38)43(39)45,31-16-6-2-7-17-31)32-18-8-3-9-19-32/h2-30H,1H3. The lowest BCUT2D eigenvalue weighted by molar-refractivity contribution is 0.769. The number of benzene rings is 7. The molecule has 46 heavy (non-hydrogen) atoms. The third-order valence-corrected chi connectivity index (χ3v) is 9.84. The quantitative estimate of drug-likeness (QED) is 0.194. The van der Waals surface area contributed by atoms with E-state index in [0.717, 1.165) is 17.1 Å². The van der Waals surface area contributed by atoms with Crippen molar-refractivity contribution in [2.45, 2.75) is 5.41 Å². The van der Waals surface area contributed by atoms with Gasteiger partial charge < -0.3 is 9.47 Å². The molecule has 8 aromatic rings. The van der Waals surface area contributed by atoms with Crippen LogP contribution in [0.3, 0.4) is 0 Å². The van der Waals surface area contributed by atoms with Gasteiger partial charge in [-0.25, -0.2) is 0 Å². The monoisotopic (exact) mass is 588 g/mol. The molecule has 0 fully saturated rings. The van der Waals surface area contributed by atoms with Crippen molar-refractivity contribution in [2.75, 3.05) is 4.90 Å². The Bertz CT molecular complexity index is 2280. The second kappa shape index (κ2) is 10.4. The molecule has 0 aliphatic heterocycles. The van der Waals surface area contributed by atoms with Crippen LogP contribution in [0.1, 0.15) is 22.3 Å². The number of para-hydroxylation sites is 3. The maximum Gasteiger partial charge on any atom is 0.0735 e. The molecular formula is C44H32N2. The van der Waals surface area contributed by atoms with E-state index < -0.39 is 5.41 Å². The molecule has 218 valence electrons. The molecule has 0 unspecified atom stereocenters. The minimum Gasteiger partial charge on any atom is -0.343 e. The Morgan fingerprint density at radius 3 is 1.59 bits per heavy atom. The minimum absolute atomic E-state index is 0.538. The van der Waals surface area contributed by atoms with Crippen molar-refractivity contribution in [1.82, 2.24) is 4.57 Å². The highest BCUT2D eigenvalue weighted by Crippen LogP contribution is 2.59. The molecule has 0 saturated heterocycles. The fourth-order valence-electron chi connectivity index (χ4n) is 7.97. The van der Waals surface area contributed by atoms with E-state index in [0.29, 0.717) is 0 Å².